The molecular formula is C12H24O. The van der Waals surface area contributed by atoms with Gasteiger partial charge in [0.1, 0.15) is 0 Å². The van der Waals surface area contributed by atoms with Gasteiger partial charge in [-0.15, -0.1) is 0 Å². The first-order valence-electron chi connectivity index (χ1n) is 5.89. The van der Waals surface area contributed by atoms with Gasteiger partial charge in [0.25, 0.3) is 0 Å². The van der Waals surface area contributed by atoms with E-state index >= 15 is 0 Å². The Morgan fingerprint density at radius 3 is 2.77 bits per heavy atom. The first kappa shape index (κ1) is 11.0. The SMILES string of the molecule is CCCCC1(O)CCCC(C)CC1. The Morgan fingerprint density at radius 1 is 1.31 bits per heavy atom. The Kier molecular flexibility index (Phi) is 4.24. The van der Waals surface area contributed by atoms with Gasteiger partial charge in [-0.3, -0.25) is 0 Å². The topological polar surface area (TPSA) is 20.2 Å². The Hall–Kier alpha value is -0.0400. The van der Waals surface area contributed by atoms with Gasteiger partial charge in [-0.1, -0.05) is 39.5 Å². The van der Waals surface area contributed by atoms with Crippen molar-refractivity contribution in [2.75, 3.05) is 0 Å². The van der Waals surface area contributed by atoms with Gasteiger partial charge in [-0.25, -0.2) is 0 Å². The quantitative estimate of drug-likeness (QED) is 0.665. The van der Waals surface area contributed by atoms with Gasteiger partial charge in [0.15, 0.2) is 0 Å². The van der Waals surface area contributed by atoms with Gasteiger partial charge < -0.3 is 5.11 Å². The van der Waals surface area contributed by atoms with Crippen LogP contribution in [0, 0.1) is 5.92 Å². The molecule has 0 spiro atoms. The van der Waals surface area contributed by atoms with Crippen molar-refractivity contribution in [1.82, 2.24) is 0 Å². The minimum Gasteiger partial charge on any atom is -0.390 e. The summed E-state index contributed by atoms with van der Waals surface area (Å²) in [7, 11) is 0. The molecule has 1 heteroatoms. The van der Waals surface area contributed by atoms with Gasteiger partial charge in [-0.2, -0.15) is 0 Å². The fourth-order valence-electron chi connectivity index (χ4n) is 2.32. The maximum absolute atomic E-state index is 10.3. The zero-order valence-corrected chi connectivity index (χ0v) is 9.18. The maximum atomic E-state index is 10.3. The van der Waals surface area contributed by atoms with E-state index in [2.05, 4.69) is 13.8 Å². The van der Waals surface area contributed by atoms with E-state index in [9.17, 15) is 5.11 Å². The average molecular weight is 184 g/mol. The lowest BCUT2D eigenvalue weighted by molar-refractivity contribution is 0.0136. The van der Waals surface area contributed by atoms with Crippen molar-refractivity contribution in [1.29, 1.82) is 0 Å². The molecule has 2 unspecified atom stereocenters. The molecule has 1 rings (SSSR count). The monoisotopic (exact) mass is 184 g/mol. The highest BCUT2D eigenvalue weighted by atomic mass is 16.3. The minimum atomic E-state index is -0.305. The number of aliphatic hydroxyl groups is 1. The number of unbranched alkanes of at least 4 members (excludes halogenated alkanes) is 1. The van der Waals surface area contributed by atoms with E-state index in [0.29, 0.717) is 0 Å². The largest absolute Gasteiger partial charge is 0.390 e. The highest BCUT2D eigenvalue weighted by molar-refractivity contribution is 4.82. The van der Waals surface area contributed by atoms with Crippen LogP contribution in [-0.2, 0) is 0 Å². The Morgan fingerprint density at radius 2 is 2.08 bits per heavy atom. The average Bonchev–Trinajstić information content (AvgIpc) is 2.27. The van der Waals surface area contributed by atoms with E-state index in [1.807, 2.05) is 0 Å². The zero-order valence-electron chi connectivity index (χ0n) is 9.18. The summed E-state index contributed by atoms with van der Waals surface area (Å²) in [5, 5.41) is 10.3. The molecule has 1 aliphatic rings. The fourth-order valence-corrected chi connectivity index (χ4v) is 2.32. The van der Waals surface area contributed by atoms with Gasteiger partial charge >= 0.3 is 0 Å². The van der Waals surface area contributed by atoms with Gasteiger partial charge in [0, 0.05) is 0 Å². The molecule has 0 amide bonds. The predicted octanol–water partition coefficient (Wildman–Crippen LogP) is 3.51. The summed E-state index contributed by atoms with van der Waals surface area (Å²) < 4.78 is 0. The van der Waals surface area contributed by atoms with E-state index in [4.69, 9.17) is 0 Å². The molecule has 0 saturated heterocycles. The van der Waals surface area contributed by atoms with Crippen LogP contribution in [0.25, 0.3) is 0 Å². The van der Waals surface area contributed by atoms with Crippen LogP contribution in [0.2, 0.25) is 0 Å². The van der Waals surface area contributed by atoms with Crippen LogP contribution in [0.3, 0.4) is 0 Å². The van der Waals surface area contributed by atoms with Crippen LogP contribution in [0.4, 0.5) is 0 Å². The number of hydrogen-bond acceptors (Lipinski definition) is 1. The van der Waals surface area contributed by atoms with E-state index in [-0.39, 0.29) is 5.60 Å². The second kappa shape index (κ2) is 4.99. The molecule has 1 nitrogen and oxygen atoms in total. The molecule has 78 valence electrons. The van der Waals surface area contributed by atoms with Crippen molar-refractivity contribution >= 4 is 0 Å². The van der Waals surface area contributed by atoms with E-state index in [1.54, 1.807) is 0 Å². The zero-order chi connectivity index (χ0) is 9.73. The summed E-state index contributed by atoms with van der Waals surface area (Å²) in [6.45, 7) is 4.51. The third-order valence-electron chi connectivity index (χ3n) is 3.44. The summed E-state index contributed by atoms with van der Waals surface area (Å²) in [5.41, 5.74) is -0.305. The van der Waals surface area contributed by atoms with Crippen molar-refractivity contribution < 1.29 is 5.11 Å². The van der Waals surface area contributed by atoms with Gasteiger partial charge in [-0.05, 0) is 31.6 Å². The summed E-state index contributed by atoms with van der Waals surface area (Å²) in [4.78, 5) is 0. The van der Waals surface area contributed by atoms with Crippen LogP contribution < -0.4 is 0 Å². The summed E-state index contributed by atoms with van der Waals surface area (Å²) >= 11 is 0. The molecule has 1 fully saturated rings. The molecular weight excluding hydrogens is 160 g/mol. The van der Waals surface area contributed by atoms with Crippen LogP contribution in [0.1, 0.15) is 65.2 Å². The number of hydrogen-bond donors (Lipinski definition) is 1. The maximum Gasteiger partial charge on any atom is 0.0648 e. The van der Waals surface area contributed by atoms with Crippen molar-refractivity contribution in [3.8, 4) is 0 Å². The van der Waals surface area contributed by atoms with Crippen molar-refractivity contribution in [2.45, 2.75) is 70.8 Å². The highest BCUT2D eigenvalue weighted by Crippen LogP contribution is 2.33. The van der Waals surface area contributed by atoms with Crippen LogP contribution >= 0.6 is 0 Å². The lowest BCUT2D eigenvalue weighted by Crippen LogP contribution is -2.27. The lowest BCUT2D eigenvalue weighted by Gasteiger charge is -2.26. The molecule has 0 aromatic carbocycles. The Labute approximate surface area is 82.5 Å². The summed E-state index contributed by atoms with van der Waals surface area (Å²) in [6, 6.07) is 0. The van der Waals surface area contributed by atoms with Crippen molar-refractivity contribution in [2.24, 2.45) is 5.92 Å². The number of rotatable bonds is 3. The molecule has 1 N–H and O–H groups in total. The Balaban J connectivity index is 2.37. The lowest BCUT2D eigenvalue weighted by atomic mass is 9.89. The van der Waals surface area contributed by atoms with E-state index < -0.39 is 0 Å². The molecule has 1 aliphatic carbocycles. The third-order valence-corrected chi connectivity index (χ3v) is 3.44. The highest BCUT2D eigenvalue weighted by Gasteiger charge is 2.28. The minimum absolute atomic E-state index is 0.305. The second-order valence-electron chi connectivity index (χ2n) is 4.86. The van der Waals surface area contributed by atoms with Crippen molar-refractivity contribution in [3.05, 3.63) is 0 Å². The van der Waals surface area contributed by atoms with Crippen LogP contribution in [0.5, 0.6) is 0 Å². The Bertz CT molecular complexity index is 140. The molecule has 0 aromatic heterocycles. The van der Waals surface area contributed by atoms with Crippen LogP contribution in [-0.4, -0.2) is 10.7 Å². The molecule has 1 saturated carbocycles. The third kappa shape index (κ3) is 3.68. The van der Waals surface area contributed by atoms with Gasteiger partial charge in [0.2, 0.25) is 0 Å². The van der Waals surface area contributed by atoms with Crippen molar-refractivity contribution in [3.63, 3.8) is 0 Å². The first-order valence-corrected chi connectivity index (χ1v) is 5.89. The molecule has 0 heterocycles. The normalized spacial score (nSPS) is 35.8. The smallest absolute Gasteiger partial charge is 0.0648 e. The summed E-state index contributed by atoms with van der Waals surface area (Å²) in [6.07, 6.45) is 9.25. The van der Waals surface area contributed by atoms with E-state index in [0.717, 1.165) is 25.2 Å². The molecule has 0 radical (unpaired) electrons. The molecule has 0 aromatic rings. The fraction of sp³-hybridized carbons (Fsp3) is 1.00. The second-order valence-corrected chi connectivity index (χ2v) is 4.86. The molecule has 0 aliphatic heterocycles. The van der Waals surface area contributed by atoms with Gasteiger partial charge in [0.05, 0.1) is 5.60 Å². The standard InChI is InChI=1S/C12H24O/c1-3-4-8-12(13)9-5-6-11(2)7-10-12/h11,13H,3-10H2,1-2H3. The molecule has 13 heavy (non-hydrogen) atoms. The van der Waals surface area contributed by atoms with E-state index in [1.165, 1.54) is 32.1 Å². The summed E-state index contributed by atoms with van der Waals surface area (Å²) in [5.74, 6) is 0.829. The molecule has 0 bridgehead atoms. The first-order chi connectivity index (χ1) is 6.16. The predicted molar refractivity (Wildman–Crippen MR) is 56.7 cm³/mol. The molecule has 2 atom stereocenters. The van der Waals surface area contributed by atoms with Crippen LogP contribution in [0.15, 0.2) is 0 Å².